The van der Waals surface area contributed by atoms with Crippen molar-refractivity contribution in [3.05, 3.63) is 54.1 Å². The summed E-state index contributed by atoms with van der Waals surface area (Å²) < 4.78 is 49.8. The van der Waals surface area contributed by atoms with E-state index in [-0.39, 0.29) is 11.4 Å². The van der Waals surface area contributed by atoms with Crippen molar-refractivity contribution in [3.63, 3.8) is 0 Å². The fourth-order valence-corrected chi connectivity index (χ4v) is 3.28. The van der Waals surface area contributed by atoms with Gasteiger partial charge in [0.25, 0.3) is 0 Å². The fraction of sp³-hybridized carbons (Fsp3) is 0.143. The molecule has 22 heavy (non-hydrogen) atoms. The number of sulfonamides is 1. The van der Waals surface area contributed by atoms with Gasteiger partial charge in [-0.05, 0) is 30.7 Å². The van der Waals surface area contributed by atoms with E-state index in [2.05, 4.69) is 4.72 Å². The molecule has 0 bridgehead atoms. The van der Waals surface area contributed by atoms with Gasteiger partial charge in [-0.15, -0.1) is 0 Å². The predicted molar refractivity (Wildman–Crippen MR) is 87.1 cm³/mol. The van der Waals surface area contributed by atoms with E-state index in [0.717, 1.165) is 16.1 Å². The first-order valence-electron chi connectivity index (χ1n) is 6.31. The predicted octanol–water partition coefficient (Wildman–Crippen LogP) is 2.30. The lowest BCUT2D eigenvalue weighted by Gasteiger charge is -2.29. The molecule has 0 saturated carbocycles. The van der Waals surface area contributed by atoms with Crippen LogP contribution in [-0.2, 0) is 21.3 Å². The Morgan fingerprint density at radius 3 is 2.14 bits per heavy atom. The number of hydrogen-bond donors (Lipinski definition) is 1. The largest absolute Gasteiger partial charge is 0.755 e. The molecule has 1 atom stereocenters. The van der Waals surface area contributed by atoms with Crippen LogP contribution in [0, 0.1) is 6.92 Å². The van der Waals surface area contributed by atoms with Gasteiger partial charge in [0.15, 0.2) is 0 Å². The van der Waals surface area contributed by atoms with E-state index in [4.69, 9.17) is 0 Å². The Balaban J connectivity index is 2.60. The second kappa shape index (κ2) is 6.47. The Kier molecular flexibility index (Phi) is 4.84. The van der Waals surface area contributed by atoms with Gasteiger partial charge in [-0.2, -0.15) is 0 Å². The number of rotatable bonds is 5. The van der Waals surface area contributed by atoms with Crippen molar-refractivity contribution in [3.8, 4) is 0 Å². The molecule has 6 nitrogen and oxygen atoms in total. The highest BCUT2D eigenvalue weighted by Gasteiger charge is 2.17. The molecule has 0 radical (unpaired) electrons. The topological polar surface area (TPSA) is 89.5 Å². The van der Waals surface area contributed by atoms with E-state index in [9.17, 15) is 17.2 Å². The highest BCUT2D eigenvalue weighted by Crippen LogP contribution is 2.35. The van der Waals surface area contributed by atoms with Crippen molar-refractivity contribution in [2.24, 2.45) is 0 Å². The van der Waals surface area contributed by atoms with E-state index in [1.54, 1.807) is 43.3 Å². The molecule has 0 aromatic heterocycles. The van der Waals surface area contributed by atoms with Crippen LogP contribution >= 0.6 is 0 Å². The molecule has 1 unspecified atom stereocenters. The molecule has 0 aliphatic heterocycles. The van der Waals surface area contributed by atoms with Crippen molar-refractivity contribution < 1.29 is 17.2 Å². The molecule has 1 N–H and O–H groups in total. The maximum Gasteiger partial charge on any atom is 0.229 e. The SMILES string of the molecule is Cc1ccccc1N(c1ccccc1NS(C)(=O)=O)S(=O)[O-]. The van der Waals surface area contributed by atoms with Gasteiger partial charge in [-0.25, -0.2) is 8.42 Å². The second-order valence-electron chi connectivity index (χ2n) is 4.69. The summed E-state index contributed by atoms with van der Waals surface area (Å²) in [5, 5.41) is 0. The third-order valence-corrected chi connectivity index (χ3v) is 4.18. The molecule has 8 heteroatoms. The molecule has 118 valence electrons. The van der Waals surface area contributed by atoms with Gasteiger partial charge in [0.05, 0.1) is 34.6 Å². The minimum absolute atomic E-state index is 0.192. The smallest absolute Gasteiger partial charge is 0.229 e. The molecule has 2 aromatic rings. The normalized spacial score (nSPS) is 12.7. The maximum atomic E-state index is 11.7. The van der Waals surface area contributed by atoms with Crippen molar-refractivity contribution in [1.29, 1.82) is 0 Å². The number of anilines is 3. The summed E-state index contributed by atoms with van der Waals surface area (Å²) in [5.74, 6) is 0. The van der Waals surface area contributed by atoms with Crippen LogP contribution in [0.2, 0.25) is 0 Å². The van der Waals surface area contributed by atoms with Crippen molar-refractivity contribution in [2.75, 3.05) is 15.3 Å². The molecule has 0 spiro atoms. The van der Waals surface area contributed by atoms with Gasteiger partial charge in [0, 0.05) is 0 Å². The third-order valence-electron chi connectivity index (χ3n) is 2.90. The number of hydrogen-bond acceptors (Lipinski definition) is 4. The van der Waals surface area contributed by atoms with E-state index < -0.39 is 21.3 Å². The van der Waals surface area contributed by atoms with Gasteiger partial charge in [0.2, 0.25) is 10.0 Å². The number of aryl methyl sites for hydroxylation is 1. The van der Waals surface area contributed by atoms with Crippen LogP contribution in [-0.4, -0.2) is 23.4 Å². The summed E-state index contributed by atoms with van der Waals surface area (Å²) in [7, 11) is -3.53. The lowest BCUT2D eigenvalue weighted by Crippen LogP contribution is -2.22. The molecule has 0 aliphatic carbocycles. The van der Waals surface area contributed by atoms with Crippen LogP contribution in [0.5, 0.6) is 0 Å². The molecule has 0 fully saturated rings. The lowest BCUT2D eigenvalue weighted by atomic mass is 10.2. The van der Waals surface area contributed by atoms with E-state index in [1.165, 1.54) is 12.1 Å². The summed E-state index contributed by atoms with van der Waals surface area (Å²) in [6, 6.07) is 13.3. The summed E-state index contributed by atoms with van der Waals surface area (Å²) >= 11 is -2.61. The molecule has 2 aromatic carbocycles. The monoisotopic (exact) mass is 339 g/mol. The van der Waals surface area contributed by atoms with E-state index >= 15 is 0 Å². The van der Waals surface area contributed by atoms with Gasteiger partial charge < -0.3 is 4.55 Å². The zero-order chi connectivity index (χ0) is 16.3. The first-order chi connectivity index (χ1) is 10.3. The molecule has 0 amide bonds. The highest BCUT2D eigenvalue weighted by molar-refractivity contribution is 7.92. The van der Waals surface area contributed by atoms with Gasteiger partial charge in [-0.3, -0.25) is 13.2 Å². The number of benzene rings is 2. The Bertz CT molecular complexity index is 806. The maximum absolute atomic E-state index is 11.7. The average molecular weight is 339 g/mol. The van der Waals surface area contributed by atoms with Crippen LogP contribution in [0.15, 0.2) is 48.5 Å². The average Bonchev–Trinajstić information content (AvgIpc) is 2.41. The Morgan fingerprint density at radius 2 is 1.59 bits per heavy atom. The summed E-state index contributed by atoms with van der Waals surface area (Å²) in [5.41, 5.74) is 1.63. The van der Waals surface area contributed by atoms with E-state index in [1.807, 2.05) is 0 Å². The van der Waals surface area contributed by atoms with Crippen molar-refractivity contribution in [1.82, 2.24) is 0 Å². The highest BCUT2D eigenvalue weighted by atomic mass is 32.2. The number of nitrogens with one attached hydrogen (secondary N) is 1. The standard InChI is InChI=1S/C14H16N2O4S2/c1-11-7-3-5-9-13(11)16(21(17)18)14-10-6-4-8-12(14)15-22(2,19)20/h3-10,15H,1-2H3,(H,17,18)/p-1. The zero-order valence-electron chi connectivity index (χ0n) is 12.0. The number of nitrogens with zero attached hydrogens (tertiary/aromatic N) is 1. The van der Waals surface area contributed by atoms with Crippen LogP contribution < -0.4 is 9.03 Å². The van der Waals surface area contributed by atoms with Crippen LogP contribution in [0.4, 0.5) is 17.1 Å². The quantitative estimate of drug-likeness (QED) is 0.846. The lowest BCUT2D eigenvalue weighted by molar-refractivity contribution is 0.537. The summed E-state index contributed by atoms with van der Waals surface area (Å²) in [6.07, 6.45) is 1.01. The minimum Gasteiger partial charge on any atom is -0.755 e. The Morgan fingerprint density at radius 1 is 1.05 bits per heavy atom. The van der Waals surface area contributed by atoms with Crippen LogP contribution in [0.3, 0.4) is 0 Å². The van der Waals surface area contributed by atoms with Gasteiger partial charge in [-0.1, -0.05) is 30.3 Å². The van der Waals surface area contributed by atoms with Gasteiger partial charge >= 0.3 is 0 Å². The summed E-state index contributed by atoms with van der Waals surface area (Å²) in [4.78, 5) is 0. The molecule has 0 saturated heterocycles. The first-order valence-corrected chi connectivity index (χ1v) is 9.24. The van der Waals surface area contributed by atoms with Gasteiger partial charge in [0.1, 0.15) is 0 Å². The molecule has 2 rings (SSSR count). The van der Waals surface area contributed by atoms with E-state index in [0.29, 0.717) is 5.69 Å². The first kappa shape index (κ1) is 16.5. The fourth-order valence-electron chi connectivity index (χ4n) is 2.02. The van der Waals surface area contributed by atoms with Crippen molar-refractivity contribution in [2.45, 2.75) is 6.92 Å². The zero-order valence-corrected chi connectivity index (χ0v) is 13.6. The minimum atomic E-state index is -3.53. The number of para-hydroxylation sites is 3. The summed E-state index contributed by atoms with van der Waals surface area (Å²) in [6.45, 7) is 1.78. The van der Waals surface area contributed by atoms with Crippen LogP contribution in [0.25, 0.3) is 0 Å². The van der Waals surface area contributed by atoms with Crippen molar-refractivity contribution >= 4 is 38.4 Å². The Hall–Kier alpha value is -1.90. The molecular weight excluding hydrogens is 324 g/mol. The molecular formula is C14H15N2O4S2-. The Labute approximate surface area is 132 Å². The third kappa shape index (κ3) is 3.85. The second-order valence-corrected chi connectivity index (χ2v) is 7.24. The molecule has 0 heterocycles. The molecule has 0 aliphatic rings. The van der Waals surface area contributed by atoms with Crippen LogP contribution in [0.1, 0.15) is 5.56 Å².